The minimum Gasteiger partial charge on any atom is -0.316 e. The van der Waals surface area contributed by atoms with Gasteiger partial charge >= 0.3 is 0 Å². The number of halogens is 1. The summed E-state index contributed by atoms with van der Waals surface area (Å²) in [5.41, 5.74) is 2.84. The van der Waals surface area contributed by atoms with Crippen molar-refractivity contribution in [3.8, 4) is 0 Å². The third-order valence-corrected chi connectivity index (χ3v) is 9.32. The zero-order chi connectivity index (χ0) is 22.9. The quantitative estimate of drug-likeness (QED) is 0.576. The molecule has 0 bridgehead atoms. The Morgan fingerprint density at radius 2 is 1.97 bits per heavy atom. The Morgan fingerprint density at radius 3 is 2.73 bits per heavy atom. The summed E-state index contributed by atoms with van der Waals surface area (Å²) in [4.78, 5) is 12.1. The van der Waals surface area contributed by atoms with E-state index in [1.807, 2.05) is 29.3 Å². The lowest BCUT2D eigenvalue weighted by atomic mass is 10.1. The molecular formula is C24H33ClN6OS. The Bertz CT molecular complexity index is 1000. The lowest BCUT2D eigenvalue weighted by Crippen LogP contribution is -2.45. The van der Waals surface area contributed by atoms with Gasteiger partial charge in [0.05, 0.1) is 27.6 Å². The molecule has 3 unspecified atom stereocenters. The molecule has 1 saturated heterocycles. The van der Waals surface area contributed by atoms with Gasteiger partial charge in [0.2, 0.25) is 0 Å². The number of nitrogens with zero attached hydrogens (tertiary/aromatic N) is 6. The van der Waals surface area contributed by atoms with E-state index in [-0.39, 0.29) is 10.6 Å². The molecule has 0 saturated carbocycles. The topological polar surface area (TPSA) is 54.8 Å². The zero-order valence-corrected chi connectivity index (χ0v) is 21.1. The summed E-state index contributed by atoms with van der Waals surface area (Å²) in [6, 6.07) is 7.77. The zero-order valence-electron chi connectivity index (χ0n) is 19.5. The molecular weight excluding hydrogens is 456 g/mol. The monoisotopic (exact) mass is 488 g/mol. The fourth-order valence-corrected chi connectivity index (χ4v) is 7.18. The first-order valence-electron chi connectivity index (χ1n) is 12.0. The molecule has 0 aliphatic carbocycles. The molecule has 178 valence electrons. The highest BCUT2D eigenvalue weighted by Crippen LogP contribution is 2.34. The van der Waals surface area contributed by atoms with E-state index in [9.17, 15) is 4.21 Å². The number of likely N-dealkylation sites (N-methyl/N-ethyl adjacent to an activating group) is 1. The molecule has 0 spiro atoms. The van der Waals surface area contributed by atoms with E-state index in [1.54, 1.807) is 0 Å². The van der Waals surface area contributed by atoms with Gasteiger partial charge < -0.3 is 14.7 Å². The van der Waals surface area contributed by atoms with Gasteiger partial charge in [-0.2, -0.15) is 5.10 Å². The van der Waals surface area contributed by atoms with Crippen LogP contribution in [0.4, 0.5) is 0 Å². The molecule has 5 rings (SSSR count). The summed E-state index contributed by atoms with van der Waals surface area (Å²) in [5, 5.41) is 7.47. The van der Waals surface area contributed by atoms with E-state index in [2.05, 4.69) is 34.7 Å². The molecule has 0 N–H and O–H groups in total. The lowest BCUT2D eigenvalue weighted by Gasteiger charge is -2.32. The van der Waals surface area contributed by atoms with Crippen molar-refractivity contribution in [2.24, 2.45) is 10.1 Å². The van der Waals surface area contributed by atoms with Gasteiger partial charge in [0.25, 0.3) is 0 Å². The minimum atomic E-state index is -1.01. The van der Waals surface area contributed by atoms with Crippen LogP contribution in [0.25, 0.3) is 0 Å². The molecule has 33 heavy (non-hydrogen) atoms. The molecule has 9 heteroatoms. The van der Waals surface area contributed by atoms with Crippen molar-refractivity contribution in [1.29, 1.82) is 0 Å². The van der Waals surface area contributed by atoms with Crippen LogP contribution in [0.3, 0.4) is 0 Å². The van der Waals surface area contributed by atoms with Crippen LogP contribution in [0, 0.1) is 0 Å². The van der Waals surface area contributed by atoms with Crippen LogP contribution in [-0.4, -0.2) is 106 Å². The normalized spacial score (nSPS) is 28.2. The summed E-state index contributed by atoms with van der Waals surface area (Å²) in [6.07, 6.45) is 4.28. The fourth-order valence-electron chi connectivity index (χ4n) is 5.05. The van der Waals surface area contributed by atoms with Crippen LogP contribution in [0.5, 0.6) is 0 Å². The van der Waals surface area contributed by atoms with Crippen LogP contribution in [0.2, 0.25) is 5.02 Å². The van der Waals surface area contributed by atoms with E-state index in [4.69, 9.17) is 21.7 Å². The second-order valence-electron chi connectivity index (χ2n) is 9.25. The highest BCUT2D eigenvalue weighted by molar-refractivity contribution is 7.87. The van der Waals surface area contributed by atoms with Crippen molar-refractivity contribution < 1.29 is 4.21 Å². The number of hydrogen-bond acceptors (Lipinski definition) is 7. The van der Waals surface area contributed by atoms with Crippen molar-refractivity contribution in [2.45, 2.75) is 30.4 Å². The SMILES string of the molecule is CCN1CN2C(=N1)C(c1ccccc1Cl)=NCC1=CC(CCCN3CCN(C)CC3)S(=O)C12. The van der Waals surface area contributed by atoms with Gasteiger partial charge in [-0.25, -0.2) is 0 Å². The Balaban J connectivity index is 1.34. The highest BCUT2D eigenvalue weighted by Gasteiger charge is 2.44. The van der Waals surface area contributed by atoms with Crippen molar-refractivity contribution in [2.75, 3.05) is 59.5 Å². The van der Waals surface area contributed by atoms with Crippen LogP contribution < -0.4 is 0 Å². The average Bonchev–Trinajstić information content (AvgIpc) is 3.33. The number of fused-ring (bicyclic) bond motifs is 3. The lowest BCUT2D eigenvalue weighted by molar-refractivity contribution is 0.152. The van der Waals surface area contributed by atoms with E-state index in [0.717, 1.165) is 74.8 Å². The highest BCUT2D eigenvalue weighted by atomic mass is 35.5. The van der Waals surface area contributed by atoms with E-state index >= 15 is 0 Å². The first-order valence-corrected chi connectivity index (χ1v) is 13.6. The Morgan fingerprint density at radius 1 is 1.18 bits per heavy atom. The molecule has 1 fully saturated rings. The number of piperazine rings is 1. The molecule has 1 aromatic rings. The van der Waals surface area contributed by atoms with Gasteiger partial charge in [0.15, 0.2) is 5.84 Å². The van der Waals surface area contributed by atoms with Gasteiger partial charge in [-0.15, -0.1) is 0 Å². The summed E-state index contributed by atoms with van der Waals surface area (Å²) in [6.45, 7) is 9.70. The second-order valence-corrected chi connectivity index (χ2v) is 11.4. The number of aliphatic imine (C=N–C) groups is 1. The standard InChI is InChI=1S/C24H33ClN6OS/c1-3-30-17-31-23(27-30)22(20-8-4-5-9-21(20)25)26-16-18-15-19(33(32)24(18)31)7-6-10-29-13-11-28(2)12-14-29/h4-5,8-9,15,19,24H,3,6-7,10-14,16-17H2,1-2H3. The Hall–Kier alpha value is -1.74. The number of hydrazone groups is 1. The maximum Gasteiger partial charge on any atom is 0.177 e. The predicted octanol–water partition coefficient (Wildman–Crippen LogP) is 2.46. The smallest absolute Gasteiger partial charge is 0.177 e. The van der Waals surface area contributed by atoms with Gasteiger partial charge in [0, 0.05) is 38.3 Å². The van der Waals surface area contributed by atoms with Crippen molar-refractivity contribution in [3.63, 3.8) is 0 Å². The summed E-state index contributed by atoms with van der Waals surface area (Å²) >= 11 is 6.52. The van der Waals surface area contributed by atoms with Gasteiger partial charge in [-0.3, -0.25) is 14.2 Å². The molecule has 4 aliphatic heterocycles. The van der Waals surface area contributed by atoms with Gasteiger partial charge in [-0.05, 0) is 45.0 Å². The van der Waals surface area contributed by atoms with Crippen LogP contribution in [0.1, 0.15) is 25.3 Å². The second kappa shape index (κ2) is 9.86. The molecule has 0 radical (unpaired) electrons. The van der Waals surface area contributed by atoms with Crippen LogP contribution in [-0.2, 0) is 10.8 Å². The van der Waals surface area contributed by atoms with Crippen molar-refractivity contribution in [1.82, 2.24) is 19.7 Å². The molecule has 7 nitrogen and oxygen atoms in total. The first-order chi connectivity index (χ1) is 16.0. The molecule has 0 aromatic heterocycles. The van der Waals surface area contributed by atoms with Crippen molar-refractivity contribution >= 4 is 33.9 Å². The number of hydrogen-bond donors (Lipinski definition) is 0. The number of rotatable bonds is 6. The van der Waals surface area contributed by atoms with Crippen molar-refractivity contribution in [3.05, 3.63) is 46.5 Å². The maximum absolute atomic E-state index is 13.7. The third kappa shape index (κ3) is 4.63. The molecule has 0 amide bonds. The maximum atomic E-state index is 13.7. The molecule has 4 aliphatic rings. The number of benzene rings is 1. The third-order valence-electron chi connectivity index (χ3n) is 7.03. The average molecular weight is 489 g/mol. The molecule has 4 heterocycles. The largest absolute Gasteiger partial charge is 0.316 e. The molecule has 3 atom stereocenters. The first kappa shape index (κ1) is 23.0. The Kier molecular flexibility index (Phi) is 6.88. The minimum absolute atomic E-state index is 0.0893. The Labute approximate surface area is 204 Å². The summed E-state index contributed by atoms with van der Waals surface area (Å²) in [7, 11) is 1.17. The van der Waals surface area contributed by atoms with Crippen LogP contribution in [0.15, 0.2) is 46.0 Å². The van der Waals surface area contributed by atoms with Gasteiger partial charge in [-0.1, -0.05) is 35.9 Å². The fraction of sp³-hybridized carbons (Fsp3) is 0.583. The predicted molar refractivity (Wildman–Crippen MR) is 136 cm³/mol. The number of amidine groups is 1. The van der Waals surface area contributed by atoms with Crippen LogP contribution >= 0.6 is 11.6 Å². The van der Waals surface area contributed by atoms with E-state index in [0.29, 0.717) is 18.2 Å². The summed E-state index contributed by atoms with van der Waals surface area (Å²) in [5.74, 6) is 0.796. The van der Waals surface area contributed by atoms with E-state index < -0.39 is 10.8 Å². The van der Waals surface area contributed by atoms with Gasteiger partial charge in [0.1, 0.15) is 17.8 Å². The molecule has 1 aromatic carbocycles. The summed E-state index contributed by atoms with van der Waals surface area (Å²) < 4.78 is 13.7. The van der Waals surface area contributed by atoms with E-state index in [1.165, 1.54) is 0 Å².